The lowest BCUT2D eigenvalue weighted by Crippen LogP contribution is -2.41. The summed E-state index contributed by atoms with van der Waals surface area (Å²) in [5.41, 5.74) is 0. The molecule has 23 heavy (non-hydrogen) atoms. The Morgan fingerprint density at radius 1 is 1.30 bits per heavy atom. The van der Waals surface area contributed by atoms with Gasteiger partial charge in [-0.15, -0.1) is 11.3 Å². The molecule has 3 rings (SSSR count). The van der Waals surface area contributed by atoms with Crippen LogP contribution in [0.1, 0.15) is 15.4 Å². The van der Waals surface area contributed by atoms with E-state index >= 15 is 0 Å². The average Bonchev–Trinajstić information content (AvgIpc) is 3.25. The van der Waals surface area contributed by atoms with Crippen molar-refractivity contribution in [3.05, 3.63) is 40.5 Å². The Hall–Kier alpha value is -1.68. The first-order valence-electron chi connectivity index (χ1n) is 7.05. The molecule has 0 aromatic carbocycles. The van der Waals surface area contributed by atoms with Crippen molar-refractivity contribution in [1.82, 2.24) is 9.62 Å². The second kappa shape index (κ2) is 6.83. The van der Waals surface area contributed by atoms with Crippen LogP contribution in [-0.2, 0) is 21.3 Å². The normalized spacial score (nSPS) is 16.3. The third-order valence-corrected chi connectivity index (χ3v) is 6.41. The zero-order valence-corrected chi connectivity index (χ0v) is 13.9. The smallest absolute Gasteiger partial charge is 0.263 e. The number of furan rings is 1. The summed E-state index contributed by atoms with van der Waals surface area (Å²) in [4.78, 5) is 12.5. The fourth-order valence-corrected chi connectivity index (χ4v) is 4.98. The van der Waals surface area contributed by atoms with Crippen molar-refractivity contribution < 1.29 is 22.4 Å². The number of sulfonamides is 1. The fourth-order valence-electron chi connectivity index (χ4n) is 2.25. The number of nitrogens with zero attached hydrogens (tertiary/aromatic N) is 1. The van der Waals surface area contributed by atoms with E-state index in [1.807, 2.05) is 0 Å². The maximum absolute atomic E-state index is 12.7. The van der Waals surface area contributed by atoms with Crippen LogP contribution in [0.4, 0.5) is 0 Å². The first-order valence-corrected chi connectivity index (χ1v) is 9.37. The van der Waals surface area contributed by atoms with Gasteiger partial charge in [0.2, 0.25) is 10.0 Å². The van der Waals surface area contributed by atoms with Gasteiger partial charge in [-0.3, -0.25) is 4.79 Å². The van der Waals surface area contributed by atoms with E-state index in [2.05, 4.69) is 5.32 Å². The minimum absolute atomic E-state index is 0.0429. The zero-order valence-electron chi connectivity index (χ0n) is 12.2. The molecule has 2 aromatic heterocycles. The zero-order chi connectivity index (χ0) is 16.3. The molecule has 9 heteroatoms. The Balaban J connectivity index is 1.77. The van der Waals surface area contributed by atoms with E-state index < -0.39 is 15.9 Å². The Morgan fingerprint density at radius 2 is 2.09 bits per heavy atom. The van der Waals surface area contributed by atoms with Crippen molar-refractivity contribution in [2.45, 2.75) is 11.4 Å². The van der Waals surface area contributed by atoms with Gasteiger partial charge in [-0.2, -0.15) is 4.31 Å². The number of amides is 1. The van der Waals surface area contributed by atoms with Gasteiger partial charge in [-0.1, -0.05) is 0 Å². The summed E-state index contributed by atoms with van der Waals surface area (Å²) in [6, 6.07) is 4.93. The molecule has 1 aliphatic rings. The van der Waals surface area contributed by atoms with E-state index in [1.54, 1.807) is 17.5 Å². The molecular formula is C14H16N2O5S2. The van der Waals surface area contributed by atoms with Gasteiger partial charge in [0.05, 0.1) is 26.0 Å². The summed E-state index contributed by atoms with van der Waals surface area (Å²) in [7, 11) is -3.69. The van der Waals surface area contributed by atoms with Gasteiger partial charge in [0, 0.05) is 13.1 Å². The van der Waals surface area contributed by atoms with Gasteiger partial charge in [0.1, 0.15) is 15.5 Å². The number of morpholine rings is 1. The van der Waals surface area contributed by atoms with Gasteiger partial charge in [-0.05, 0) is 23.6 Å². The molecule has 3 heterocycles. The molecule has 1 aliphatic heterocycles. The molecule has 1 N–H and O–H groups in total. The molecular weight excluding hydrogens is 340 g/mol. The molecule has 0 saturated carbocycles. The van der Waals surface area contributed by atoms with Crippen LogP contribution in [0.15, 0.2) is 39.2 Å². The Morgan fingerprint density at radius 3 is 2.78 bits per heavy atom. The number of hydrogen-bond donors (Lipinski definition) is 1. The number of nitrogens with one attached hydrogen (secondary N) is 1. The third-order valence-electron chi connectivity index (χ3n) is 3.43. The molecule has 7 nitrogen and oxygen atoms in total. The minimum Gasteiger partial charge on any atom is -0.467 e. The lowest BCUT2D eigenvalue weighted by molar-refractivity contribution is 0.0730. The molecule has 0 atom stereocenters. The summed E-state index contributed by atoms with van der Waals surface area (Å²) < 4.78 is 37.0. The van der Waals surface area contributed by atoms with Crippen LogP contribution in [0.25, 0.3) is 0 Å². The second-order valence-electron chi connectivity index (χ2n) is 4.89. The lowest BCUT2D eigenvalue weighted by Gasteiger charge is -2.26. The first kappa shape index (κ1) is 16.2. The van der Waals surface area contributed by atoms with E-state index in [4.69, 9.17) is 9.15 Å². The Bertz CT molecular complexity index is 761. The van der Waals surface area contributed by atoms with Crippen molar-refractivity contribution in [3.8, 4) is 0 Å². The molecule has 124 valence electrons. The van der Waals surface area contributed by atoms with E-state index in [-0.39, 0.29) is 16.3 Å². The van der Waals surface area contributed by atoms with E-state index in [0.717, 1.165) is 11.3 Å². The number of rotatable bonds is 5. The number of hydrogen-bond acceptors (Lipinski definition) is 6. The molecule has 0 bridgehead atoms. The fraction of sp³-hybridized carbons (Fsp3) is 0.357. The Labute approximate surface area is 137 Å². The monoisotopic (exact) mass is 356 g/mol. The van der Waals surface area contributed by atoms with Crippen LogP contribution < -0.4 is 5.32 Å². The molecule has 0 radical (unpaired) electrons. The van der Waals surface area contributed by atoms with E-state index in [9.17, 15) is 13.2 Å². The maximum atomic E-state index is 12.7. The van der Waals surface area contributed by atoms with Crippen molar-refractivity contribution in [2.75, 3.05) is 26.3 Å². The second-order valence-corrected chi connectivity index (χ2v) is 7.71. The van der Waals surface area contributed by atoms with Crippen molar-refractivity contribution in [1.29, 1.82) is 0 Å². The average molecular weight is 356 g/mol. The van der Waals surface area contributed by atoms with Gasteiger partial charge in [0.15, 0.2) is 0 Å². The highest BCUT2D eigenvalue weighted by molar-refractivity contribution is 7.89. The Kier molecular flexibility index (Phi) is 4.81. The quantitative estimate of drug-likeness (QED) is 0.872. The predicted molar refractivity (Wildman–Crippen MR) is 83.8 cm³/mol. The summed E-state index contributed by atoms with van der Waals surface area (Å²) in [5, 5.41) is 4.28. The van der Waals surface area contributed by atoms with Gasteiger partial charge >= 0.3 is 0 Å². The minimum atomic E-state index is -3.69. The summed E-state index contributed by atoms with van der Waals surface area (Å²) in [5.74, 6) is 0.177. The van der Waals surface area contributed by atoms with Gasteiger partial charge in [-0.25, -0.2) is 8.42 Å². The highest BCUT2D eigenvalue weighted by Gasteiger charge is 2.31. The van der Waals surface area contributed by atoms with Gasteiger partial charge in [0.25, 0.3) is 5.91 Å². The molecule has 2 aromatic rings. The highest BCUT2D eigenvalue weighted by Crippen LogP contribution is 2.26. The number of ether oxygens (including phenoxy) is 1. The molecule has 1 fully saturated rings. The van der Waals surface area contributed by atoms with E-state index in [1.165, 1.54) is 16.6 Å². The lowest BCUT2D eigenvalue weighted by atomic mass is 10.4. The van der Waals surface area contributed by atoms with Crippen LogP contribution in [0.3, 0.4) is 0 Å². The molecule has 1 amide bonds. The predicted octanol–water partition coefficient (Wildman–Crippen LogP) is 1.29. The third kappa shape index (κ3) is 3.47. The number of thiophene rings is 1. The number of carbonyl (C=O) groups excluding carboxylic acids is 1. The van der Waals surface area contributed by atoms with Crippen molar-refractivity contribution in [2.24, 2.45) is 0 Å². The molecule has 0 spiro atoms. The molecule has 0 unspecified atom stereocenters. The van der Waals surface area contributed by atoms with Crippen LogP contribution in [0.2, 0.25) is 0 Å². The summed E-state index contributed by atoms with van der Waals surface area (Å²) in [6.45, 7) is 1.53. The van der Waals surface area contributed by atoms with Crippen LogP contribution in [0, 0.1) is 0 Å². The summed E-state index contributed by atoms with van der Waals surface area (Å²) >= 11 is 1.11. The topological polar surface area (TPSA) is 88.8 Å². The summed E-state index contributed by atoms with van der Waals surface area (Å²) in [6.07, 6.45) is 1.51. The van der Waals surface area contributed by atoms with Crippen LogP contribution >= 0.6 is 11.3 Å². The maximum Gasteiger partial charge on any atom is 0.263 e. The van der Waals surface area contributed by atoms with Crippen molar-refractivity contribution >= 4 is 27.3 Å². The SMILES string of the molecule is O=C(NCc1ccco1)c1sccc1S(=O)(=O)N1CCOCC1. The van der Waals surface area contributed by atoms with Gasteiger partial charge < -0.3 is 14.5 Å². The molecule has 0 aliphatic carbocycles. The first-order chi connectivity index (χ1) is 11.1. The van der Waals surface area contributed by atoms with Crippen LogP contribution in [-0.4, -0.2) is 44.9 Å². The van der Waals surface area contributed by atoms with Crippen LogP contribution in [0.5, 0.6) is 0 Å². The number of carbonyl (C=O) groups is 1. The highest BCUT2D eigenvalue weighted by atomic mass is 32.2. The van der Waals surface area contributed by atoms with Crippen molar-refractivity contribution in [3.63, 3.8) is 0 Å². The largest absolute Gasteiger partial charge is 0.467 e. The molecule has 1 saturated heterocycles. The standard InChI is InChI=1S/C14H16N2O5S2/c17-14(15-10-11-2-1-6-21-11)13-12(3-9-22-13)23(18,19)16-4-7-20-8-5-16/h1-3,6,9H,4-5,7-8,10H2,(H,15,17). The van der Waals surface area contributed by atoms with E-state index in [0.29, 0.717) is 32.1 Å².